The van der Waals surface area contributed by atoms with E-state index in [2.05, 4.69) is 0 Å². The molecule has 3 nitrogen and oxygen atoms in total. The number of aromatic nitrogens is 1. The largest absolute Gasteiger partial charge is 0.381 e. The zero-order chi connectivity index (χ0) is 11.8. The Morgan fingerprint density at radius 1 is 1.29 bits per heavy atom. The second-order valence-corrected chi connectivity index (χ2v) is 4.54. The summed E-state index contributed by atoms with van der Waals surface area (Å²) in [6.07, 6.45) is 3.88. The number of nitrogens with two attached hydrogens (primary N) is 1. The van der Waals surface area contributed by atoms with Crippen LogP contribution in [-0.4, -0.2) is 17.9 Å². The average Bonchev–Trinajstić information content (AvgIpc) is 2.67. The summed E-state index contributed by atoms with van der Waals surface area (Å²) in [7, 11) is 0. The molecular weight excluding hydrogens is 219 g/mol. The fourth-order valence-electron chi connectivity index (χ4n) is 2.59. The molecule has 0 unspecified atom stereocenters. The second-order valence-electron chi connectivity index (χ2n) is 4.54. The van der Waals surface area contributed by atoms with Crippen LogP contribution in [-0.2, 0) is 4.74 Å². The van der Waals surface area contributed by atoms with Crippen molar-refractivity contribution in [2.75, 3.05) is 19.1 Å². The van der Waals surface area contributed by atoms with Crippen molar-refractivity contribution in [1.29, 1.82) is 0 Å². The van der Waals surface area contributed by atoms with Crippen molar-refractivity contribution in [3.8, 4) is 0 Å². The number of hydrogen-bond donors (Lipinski definition) is 1. The van der Waals surface area contributed by atoms with Crippen molar-refractivity contribution in [2.24, 2.45) is 0 Å². The molecule has 90 valence electrons. The van der Waals surface area contributed by atoms with Gasteiger partial charge in [-0.15, -0.1) is 0 Å². The van der Waals surface area contributed by atoms with Gasteiger partial charge in [-0.05, 0) is 42.5 Å². The van der Waals surface area contributed by atoms with Crippen LogP contribution >= 0.6 is 0 Å². The number of hydrogen-bond acceptors (Lipinski definition) is 2. The van der Waals surface area contributed by atoms with Gasteiger partial charge in [0.25, 0.3) is 0 Å². The molecule has 1 aromatic heterocycles. The summed E-state index contributed by atoms with van der Waals surface area (Å²) >= 11 is 0. The van der Waals surface area contributed by atoms with E-state index >= 15 is 0 Å². The van der Waals surface area contributed by atoms with E-state index in [4.69, 9.17) is 10.6 Å². The summed E-state index contributed by atoms with van der Waals surface area (Å²) in [6.45, 7) is 1.55. The molecule has 1 fully saturated rings. The monoisotopic (exact) mass is 234 g/mol. The molecule has 1 aliphatic heterocycles. The van der Waals surface area contributed by atoms with Crippen LogP contribution in [0.2, 0.25) is 0 Å². The van der Waals surface area contributed by atoms with E-state index in [1.54, 1.807) is 16.8 Å². The number of nitrogen functional groups attached to an aromatic ring is 1. The normalized spacial score (nSPS) is 17.7. The molecule has 0 aliphatic carbocycles. The van der Waals surface area contributed by atoms with Gasteiger partial charge in [0.15, 0.2) is 0 Å². The molecule has 3 rings (SSSR count). The molecule has 0 bridgehead atoms. The number of rotatable bonds is 1. The third-order valence-electron chi connectivity index (χ3n) is 3.49. The molecule has 2 heterocycles. The molecule has 1 saturated heterocycles. The fraction of sp³-hybridized carbons (Fsp3) is 0.385. The molecular formula is C13H15FN2O. The highest BCUT2D eigenvalue weighted by atomic mass is 19.1. The smallest absolute Gasteiger partial charge is 0.123 e. The molecule has 4 heteroatoms. The molecule has 0 amide bonds. The Hall–Kier alpha value is -1.55. The SMILES string of the molecule is Nn1cc(C2CCOCC2)c2cc(F)ccc21. The highest BCUT2D eigenvalue weighted by molar-refractivity contribution is 5.84. The molecule has 17 heavy (non-hydrogen) atoms. The molecule has 0 spiro atoms. The van der Waals surface area contributed by atoms with Crippen molar-refractivity contribution < 1.29 is 9.13 Å². The standard InChI is InChI=1S/C13H15FN2O/c14-10-1-2-13-11(7-10)12(8-16(13)15)9-3-5-17-6-4-9/h1-2,7-9H,3-6,15H2. The topological polar surface area (TPSA) is 40.2 Å². The van der Waals surface area contributed by atoms with Crippen LogP contribution in [0.4, 0.5) is 4.39 Å². The van der Waals surface area contributed by atoms with Crippen molar-refractivity contribution >= 4 is 10.9 Å². The third-order valence-corrected chi connectivity index (χ3v) is 3.49. The minimum Gasteiger partial charge on any atom is -0.381 e. The number of fused-ring (bicyclic) bond motifs is 1. The minimum atomic E-state index is -0.211. The molecule has 2 N–H and O–H groups in total. The summed E-state index contributed by atoms with van der Waals surface area (Å²) in [5.41, 5.74) is 2.03. The van der Waals surface area contributed by atoms with Crippen LogP contribution in [0.3, 0.4) is 0 Å². The van der Waals surface area contributed by atoms with E-state index in [0.29, 0.717) is 5.92 Å². The van der Waals surface area contributed by atoms with E-state index < -0.39 is 0 Å². The van der Waals surface area contributed by atoms with Gasteiger partial charge in [-0.3, -0.25) is 4.68 Å². The Balaban J connectivity index is 2.11. The molecule has 0 saturated carbocycles. The van der Waals surface area contributed by atoms with E-state index in [0.717, 1.165) is 42.5 Å². The van der Waals surface area contributed by atoms with E-state index in [-0.39, 0.29) is 5.82 Å². The van der Waals surface area contributed by atoms with Gasteiger partial charge in [0.2, 0.25) is 0 Å². The molecule has 0 atom stereocenters. The van der Waals surface area contributed by atoms with Crippen molar-refractivity contribution in [3.63, 3.8) is 0 Å². The predicted molar refractivity (Wildman–Crippen MR) is 64.8 cm³/mol. The zero-order valence-corrected chi connectivity index (χ0v) is 9.53. The summed E-state index contributed by atoms with van der Waals surface area (Å²) in [5, 5.41) is 0.930. The third kappa shape index (κ3) is 1.78. The van der Waals surface area contributed by atoms with Crippen molar-refractivity contribution in [2.45, 2.75) is 18.8 Å². The predicted octanol–water partition coefficient (Wildman–Crippen LogP) is 2.39. The van der Waals surface area contributed by atoms with Crippen molar-refractivity contribution in [3.05, 3.63) is 35.8 Å². The van der Waals surface area contributed by atoms with Crippen LogP contribution in [0.15, 0.2) is 24.4 Å². The first-order valence-corrected chi connectivity index (χ1v) is 5.89. The minimum absolute atomic E-state index is 0.211. The summed E-state index contributed by atoms with van der Waals surface area (Å²) in [6, 6.07) is 4.75. The van der Waals surface area contributed by atoms with Crippen molar-refractivity contribution in [1.82, 2.24) is 4.68 Å². The maximum Gasteiger partial charge on any atom is 0.123 e. The maximum absolute atomic E-state index is 13.3. The Labute approximate surface area is 98.9 Å². The molecule has 2 aromatic rings. The van der Waals surface area contributed by atoms with Crippen LogP contribution < -0.4 is 5.84 Å². The van der Waals surface area contributed by atoms with Gasteiger partial charge in [-0.25, -0.2) is 4.39 Å². The van der Waals surface area contributed by atoms with Gasteiger partial charge in [-0.1, -0.05) is 0 Å². The number of ether oxygens (including phenoxy) is 1. The Morgan fingerprint density at radius 2 is 2.06 bits per heavy atom. The lowest BCUT2D eigenvalue weighted by Crippen LogP contribution is -2.14. The van der Waals surface area contributed by atoms with E-state index in [1.807, 2.05) is 6.20 Å². The Bertz CT molecular complexity index is 544. The van der Waals surface area contributed by atoms with Crippen LogP contribution in [0.5, 0.6) is 0 Å². The fourth-order valence-corrected chi connectivity index (χ4v) is 2.59. The first-order chi connectivity index (χ1) is 8.25. The number of halogens is 1. The van der Waals surface area contributed by atoms with Gasteiger partial charge < -0.3 is 10.6 Å². The summed E-state index contributed by atoms with van der Waals surface area (Å²) in [4.78, 5) is 0. The lowest BCUT2D eigenvalue weighted by Gasteiger charge is -2.21. The van der Waals surface area contributed by atoms with Crippen LogP contribution in [0, 0.1) is 5.82 Å². The Kier molecular flexibility index (Phi) is 2.52. The van der Waals surface area contributed by atoms with Gasteiger partial charge in [0.05, 0.1) is 5.52 Å². The quantitative estimate of drug-likeness (QED) is 0.770. The van der Waals surface area contributed by atoms with Gasteiger partial charge in [-0.2, -0.15) is 0 Å². The first-order valence-electron chi connectivity index (χ1n) is 5.89. The number of nitrogens with zero attached hydrogens (tertiary/aromatic N) is 1. The molecule has 1 aliphatic rings. The van der Waals surface area contributed by atoms with Gasteiger partial charge in [0, 0.05) is 24.8 Å². The van der Waals surface area contributed by atoms with Gasteiger partial charge in [0.1, 0.15) is 5.82 Å². The highest BCUT2D eigenvalue weighted by Crippen LogP contribution is 2.33. The summed E-state index contributed by atoms with van der Waals surface area (Å²) in [5.74, 6) is 6.11. The maximum atomic E-state index is 13.3. The number of benzene rings is 1. The average molecular weight is 234 g/mol. The lowest BCUT2D eigenvalue weighted by atomic mass is 9.91. The molecule has 0 radical (unpaired) electrons. The highest BCUT2D eigenvalue weighted by Gasteiger charge is 2.20. The van der Waals surface area contributed by atoms with Gasteiger partial charge >= 0.3 is 0 Å². The Morgan fingerprint density at radius 3 is 2.82 bits per heavy atom. The van der Waals surface area contributed by atoms with E-state index in [9.17, 15) is 4.39 Å². The lowest BCUT2D eigenvalue weighted by molar-refractivity contribution is 0.0856. The first kappa shape index (κ1) is 10.6. The summed E-state index contributed by atoms with van der Waals surface area (Å²) < 4.78 is 20.3. The van der Waals surface area contributed by atoms with E-state index in [1.165, 1.54) is 6.07 Å². The van der Waals surface area contributed by atoms with Crippen LogP contribution in [0.25, 0.3) is 10.9 Å². The second kappa shape index (κ2) is 4.04. The molecule has 1 aromatic carbocycles. The zero-order valence-electron chi connectivity index (χ0n) is 9.53. The van der Waals surface area contributed by atoms with Crippen LogP contribution in [0.1, 0.15) is 24.3 Å².